The zero-order valence-corrected chi connectivity index (χ0v) is 15.5. The van der Waals surface area contributed by atoms with E-state index in [2.05, 4.69) is 58.3 Å². The quantitative estimate of drug-likeness (QED) is 0.763. The summed E-state index contributed by atoms with van der Waals surface area (Å²) >= 11 is 1.91. The summed E-state index contributed by atoms with van der Waals surface area (Å²) < 4.78 is 0. The number of hydrogen-bond donors (Lipinski definition) is 1. The maximum Gasteiger partial charge on any atom is 0.00171 e. The second-order valence-electron chi connectivity index (χ2n) is 8.30. The Balaban J connectivity index is 2.13. The summed E-state index contributed by atoms with van der Waals surface area (Å²) in [4.78, 5) is 1.46. The van der Waals surface area contributed by atoms with E-state index in [0.29, 0.717) is 11.5 Å². The van der Waals surface area contributed by atoms with Crippen molar-refractivity contribution in [2.75, 3.05) is 6.54 Å². The second kappa shape index (κ2) is 6.83. The molecular weight excluding hydrogens is 274 g/mol. The SMILES string of the molecule is Cc1cc(C2CC(C(C)(C)C)CCC2CNC(C)C)cs1. The molecule has 2 heteroatoms. The smallest absolute Gasteiger partial charge is 0.00171 e. The molecule has 0 amide bonds. The van der Waals surface area contributed by atoms with Crippen LogP contribution in [0.2, 0.25) is 0 Å². The van der Waals surface area contributed by atoms with E-state index >= 15 is 0 Å². The van der Waals surface area contributed by atoms with Crippen molar-refractivity contribution in [2.24, 2.45) is 17.3 Å². The monoisotopic (exact) mass is 307 g/mol. The molecule has 1 aliphatic rings. The minimum absolute atomic E-state index is 0.444. The van der Waals surface area contributed by atoms with Gasteiger partial charge >= 0.3 is 0 Å². The standard InChI is InChI=1S/C19H33NS/c1-13(2)20-11-15-7-8-17(19(4,5)6)10-18(15)16-9-14(3)21-12-16/h9,12-13,15,17-18,20H,7-8,10-11H2,1-6H3. The molecule has 1 N–H and O–H groups in total. The first-order valence-corrected chi connectivity index (χ1v) is 9.43. The third-order valence-corrected chi connectivity index (χ3v) is 6.07. The van der Waals surface area contributed by atoms with Gasteiger partial charge in [0.15, 0.2) is 0 Å². The number of rotatable bonds is 4. The lowest BCUT2D eigenvalue weighted by Gasteiger charge is -2.42. The summed E-state index contributed by atoms with van der Waals surface area (Å²) in [6.07, 6.45) is 4.14. The van der Waals surface area contributed by atoms with Crippen molar-refractivity contribution < 1.29 is 0 Å². The average molecular weight is 308 g/mol. The Morgan fingerprint density at radius 3 is 2.52 bits per heavy atom. The lowest BCUT2D eigenvalue weighted by Crippen LogP contribution is -2.37. The molecule has 1 aromatic heterocycles. The zero-order chi connectivity index (χ0) is 15.6. The van der Waals surface area contributed by atoms with Crippen LogP contribution >= 0.6 is 11.3 Å². The van der Waals surface area contributed by atoms with Gasteiger partial charge in [-0.1, -0.05) is 34.6 Å². The Morgan fingerprint density at radius 1 is 1.29 bits per heavy atom. The van der Waals surface area contributed by atoms with E-state index < -0.39 is 0 Å². The van der Waals surface area contributed by atoms with Crippen molar-refractivity contribution in [1.29, 1.82) is 0 Å². The molecule has 0 bridgehead atoms. The minimum atomic E-state index is 0.444. The topological polar surface area (TPSA) is 12.0 Å². The van der Waals surface area contributed by atoms with Gasteiger partial charge in [-0.3, -0.25) is 0 Å². The van der Waals surface area contributed by atoms with E-state index in [1.54, 1.807) is 5.56 Å². The normalized spacial score (nSPS) is 27.3. The Kier molecular flexibility index (Phi) is 5.54. The molecule has 120 valence electrons. The number of thiophene rings is 1. The van der Waals surface area contributed by atoms with Crippen LogP contribution in [-0.4, -0.2) is 12.6 Å². The van der Waals surface area contributed by atoms with Crippen molar-refractivity contribution in [2.45, 2.75) is 72.8 Å². The van der Waals surface area contributed by atoms with Gasteiger partial charge in [0, 0.05) is 10.9 Å². The van der Waals surface area contributed by atoms with Crippen LogP contribution in [0.25, 0.3) is 0 Å². The lowest BCUT2D eigenvalue weighted by atomic mass is 9.64. The fraction of sp³-hybridized carbons (Fsp3) is 0.789. The number of aryl methyl sites for hydroxylation is 1. The summed E-state index contributed by atoms with van der Waals surface area (Å²) in [6.45, 7) is 15.2. The maximum atomic E-state index is 3.68. The highest BCUT2D eigenvalue weighted by Gasteiger charge is 2.36. The van der Waals surface area contributed by atoms with E-state index in [1.165, 1.54) is 30.7 Å². The van der Waals surface area contributed by atoms with E-state index in [-0.39, 0.29) is 0 Å². The van der Waals surface area contributed by atoms with E-state index in [0.717, 1.165) is 17.8 Å². The highest BCUT2D eigenvalue weighted by molar-refractivity contribution is 7.10. The van der Waals surface area contributed by atoms with Gasteiger partial charge in [-0.25, -0.2) is 0 Å². The molecule has 0 saturated heterocycles. The molecule has 0 aromatic carbocycles. The van der Waals surface area contributed by atoms with Crippen molar-refractivity contribution in [3.05, 3.63) is 21.9 Å². The third-order valence-electron chi connectivity index (χ3n) is 5.19. The van der Waals surface area contributed by atoms with Crippen LogP contribution in [0.3, 0.4) is 0 Å². The van der Waals surface area contributed by atoms with Gasteiger partial charge in [0.25, 0.3) is 0 Å². The molecule has 3 unspecified atom stereocenters. The first-order chi connectivity index (χ1) is 9.77. The molecule has 21 heavy (non-hydrogen) atoms. The van der Waals surface area contributed by atoms with E-state index in [9.17, 15) is 0 Å². The second-order valence-corrected chi connectivity index (χ2v) is 9.41. The zero-order valence-electron chi connectivity index (χ0n) is 14.7. The molecule has 1 heterocycles. The predicted molar refractivity (Wildman–Crippen MR) is 95.2 cm³/mol. The molecule has 1 aromatic rings. The number of hydrogen-bond acceptors (Lipinski definition) is 2. The van der Waals surface area contributed by atoms with Gasteiger partial charge in [-0.2, -0.15) is 0 Å². The van der Waals surface area contributed by atoms with Crippen LogP contribution < -0.4 is 5.32 Å². The Labute approximate surface area is 135 Å². The van der Waals surface area contributed by atoms with E-state index in [4.69, 9.17) is 0 Å². The van der Waals surface area contributed by atoms with Crippen LogP contribution in [0.5, 0.6) is 0 Å². The highest BCUT2D eigenvalue weighted by atomic mass is 32.1. The van der Waals surface area contributed by atoms with Gasteiger partial charge in [-0.15, -0.1) is 11.3 Å². The fourth-order valence-corrected chi connectivity index (χ4v) is 4.49. The molecule has 2 rings (SSSR count). The molecule has 1 aliphatic carbocycles. The fourth-order valence-electron chi connectivity index (χ4n) is 3.72. The Bertz CT molecular complexity index is 441. The van der Waals surface area contributed by atoms with Gasteiger partial charge in [-0.05, 0) is 72.9 Å². The van der Waals surface area contributed by atoms with Crippen LogP contribution in [0.1, 0.15) is 70.2 Å². The first-order valence-electron chi connectivity index (χ1n) is 8.55. The van der Waals surface area contributed by atoms with Crippen LogP contribution in [0, 0.1) is 24.2 Å². The van der Waals surface area contributed by atoms with Crippen molar-refractivity contribution in [1.82, 2.24) is 5.32 Å². The molecule has 0 aliphatic heterocycles. The molecular formula is C19H33NS. The lowest BCUT2D eigenvalue weighted by molar-refractivity contribution is 0.128. The molecule has 0 radical (unpaired) electrons. The summed E-state index contributed by atoms with van der Waals surface area (Å²) in [5.74, 6) is 2.41. The van der Waals surface area contributed by atoms with Crippen LogP contribution in [0.15, 0.2) is 11.4 Å². The van der Waals surface area contributed by atoms with Gasteiger partial charge in [0.2, 0.25) is 0 Å². The summed E-state index contributed by atoms with van der Waals surface area (Å²) in [5.41, 5.74) is 2.04. The maximum absolute atomic E-state index is 3.68. The summed E-state index contributed by atoms with van der Waals surface area (Å²) in [6, 6.07) is 3.03. The van der Waals surface area contributed by atoms with Crippen molar-refractivity contribution in [3.63, 3.8) is 0 Å². The number of nitrogens with one attached hydrogen (secondary N) is 1. The molecule has 0 spiro atoms. The summed E-state index contributed by atoms with van der Waals surface area (Å²) in [5, 5.41) is 6.09. The molecule has 1 fully saturated rings. The van der Waals surface area contributed by atoms with Crippen LogP contribution in [0.4, 0.5) is 0 Å². The highest BCUT2D eigenvalue weighted by Crippen LogP contribution is 2.47. The van der Waals surface area contributed by atoms with Gasteiger partial charge in [0.1, 0.15) is 0 Å². The largest absolute Gasteiger partial charge is 0.314 e. The first kappa shape index (κ1) is 17.0. The molecule has 1 nitrogen and oxygen atoms in total. The van der Waals surface area contributed by atoms with Crippen molar-refractivity contribution >= 4 is 11.3 Å². The van der Waals surface area contributed by atoms with Gasteiger partial charge < -0.3 is 5.32 Å². The molecule has 1 saturated carbocycles. The Hall–Kier alpha value is -0.340. The summed E-state index contributed by atoms with van der Waals surface area (Å²) in [7, 11) is 0. The predicted octanol–water partition coefficient (Wildman–Crippen LogP) is 5.60. The Morgan fingerprint density at radius 2 is 2.00 bits per heavy atom. The average Bonchev–Trinajstić information content (AvgIpc) is 2.81. The van der Waals surface area contributed by atoms with Crippen molar-refractivity contribution in [3.8, 4) is 0 Å². The van der Waals surface area contributed by atoms with Crippen LogP contribution in [-0.2, 0) is 0 Å². The van der Waals surface area contributed by atoms with Gasteiger partial charge in [0.05, 0.1) is 0 Å². The minimum Gasteiger partial charge on any atom is -0.314 e. The third kappa shape index (κ3) is 4.56. The van der Waals surface area contributed by atoms with E-state index in [1.807, 2.05) is 11.3 Å². The molecule has 3 atom stereocenters.